The third-order valence-corrected chi connectivity index (χ3v) is 4.45. The van der Waals surface area contributed by atoms with Crippen molar-refractivity contribution >= 4 is 11.6 Å². The van der Waals surface area contributed by atoms with E-state index < -0.39 is 0 Å². The quantitative estimate of drug-likeness (QED) is 0.676. The molecule has 1 aromatic heterocycles. The molecule has 0 aliphatic rings. The summed E-state index contributed by atoms with van der Waals surface area (Å²) in [5, 5.41) is 19.7. The van der Waals surface area contributed by atoms with E-state index in [2.05, 4.69) is 29.0 Å². The number of rotatable bonds is 5. The third-order valence-electron chi connectivity index (χ3n) is 4.45. The van der Waals surface area contributed by atoms with E-state index in [1.54, 1.807) is 6.92 Å². The first kappa shape index (κ1) is 19.5. The van der Waals surface area contributed by atoms with E-state index in [1.807, 2.05) is 65.6 Å². The van der Waals surface area contributed by atoms with Crippen LogP contribution in [0, 0.1) is 34.5 Å². The molecule has 0 spiro atoms. The van der Waals surface area contributed by atoms with Crippen molar-refractivity contribution in [1.29, 1.82) is 10.5 Å². The van der Waals surface area contributed by atoms with E-state index in [0.29, 0.717) is 30.0 Å². The Labute approximate surface area is 170 Å². The highest BCUT2D eigenvalue weighted by Gasteiger charge is 2.23. The van der Waals surface area contributed by atoms with Gasteiger partial charge in [0.1, 0.15) is 29.1 Å². The highest BCUT2D eigenvalue weighted by Crippen LogP contribution is 2.35. The van der Waals surface area contributed by atoms with Crippen LogP contribution >= 0.6 is 0 Å². The lowest BCUT2D eigenvalue weighted by Gasteiger charge is -2.24. The van der Waals surface area contributed by atoms with Gasteiger partial charge in [0.25, 0.3) is 0 Å². The molecule has 0 aliphatic carbocycles. The van der Waals surface area contributed by atoms with Crippen molar-refractivity contribution in [3.05, 3.63) is 77.4 Å². The van der Waals surface area contributed by atoms with Gasteiger partial charge in [0.2, 0.25) is 0 Å². The van der Waals surface area contributed by atoms with Gasteiger partial charge in [-0.05, 0) is 18.1 Å². The monoisotopic (exact) mass is 377 g/mol. The maximum Gasteiger partial charge on any atom is 0.150 e. The van der Waals surface area contributed by atoms with Crippen molar-refractivity contribution in [3.8, 4) is 35.1 Å². The molecule has 3 rings (SSSR count). The third kappa shape index (κ3) is 4.19. The molecule has 0 saturated heterocycles. The zero-order chi connectivity index (χ0) is 20.6. The lowest BCUT2D eigenvalue weighted by atomic mass is 9.95. The summed E-state index contributed by atoms with van der Waals surface area (Å²) < 4.78 is 0. The fourth-order valence-electron chi connectivity index (χ4n) is 3.12. The Morgan fingerprint density at radius 1 is 0.931 bits per heavy atom. The van der Waals surface area contributed by atoms with E-state index >= 15 is 0 Å². The first-order valence-electron chi connectivity index (χ1n) is 9.07. The molecule has 5 heteroatoms. The molecule has 0 atom stereocenters. The molecule has 140 valence electrons. The number of pyridine rings is 1. The van der Waals surface area contributed by atoms with E-state index in [4.69, 9.17) is 5.73 Å². The molecule has 0 aliphatic heterocycles. The van der Waals surface area contributed by atoms with E-state index in [1.165, 1.54) is 0 Å². The van der Waals surface area contributed by atoms with Crippen LogP contribution in [0.15, 0.2) is 60.7 Å². The molecule has 0 bridgehead atoms. The normalized spacial score (nSPS) is 9.62. The smallest absolute Gasteiger partial charge is 0.150 e. The molecule has 2 aromatic carbocycles. The Bertz CT molecular complexity index is 1140. The average Bonchev–Trinajstić information content (AvgIpc) is 2.77. The summed E-state index contributed by atoms with van der Waals surface area (Å²) in [4.78, 5) is 6.35. The summed E-state index contributed by atoms with van der Waals surface area (Å²) in [6.45, 7) is 2.66. The number of nitrogens with two attached hydrogens (primary N) is 1. The Hall–Kier alpha value is -4.27. The molecule has 3 aromatic rings. The van der Waals surface area contributed by atoms with Gasteiger partial charge in [-0.15, -0.1) is 5.92 Å². The highest BCUT2D eigenvalue weighted by molar-refractivity contribution is 5.85. The SMILES string of the molecule is CC#CCN(Cc1ccccc1)c1nc(N)c(C#N)c(-c2ccccc2)c1C#N. The fraction of sp³-hybridized carbons (Fsp3) is 0.125. The summed E-state index contributed by atoms with van der Waals surface area (Å²) in [5.74, 6) is 6.46. The van der Waals surface area contributed by atoms with Gasteiger partial charge in [-0.3, -0.25) is 0 Å². The van der Waals surface area contributed by atoms with Crippen LogP contribution in [0.25, 0.3) is 11.1 Å². The van der Waals surface area contributed by atoms with Gasteiger partial charge in [0.15, 0.2) is 5.82 Å². The van der Waals surface area contributed by atoms with Crippen molar-refractivity contribution in [3.63, 3.8) is 0 Å². The van der Waals surface area contributed by atoms with Crippen LogP contribution < -0.4 is 10.6 Å². The van der Waals surface area contributed by atoms with Crippen molar-refractivity contribution in [2.75, 3.05) is 17.2 Å². The zero-order valence-electron chi connectivity index (χ0n) is 16.1. The summed E-state index contributed by atoms with van der Waals surface area (Å²) in [6, 6.07) is 23.5. The molecule has 0 saturated carbocycles. The van der Waals surface area contributed by atoms with Crippen molar-refractivity contribution < 1.29 is 0 Å². The molecule has 1 heterocycles. The number of hydrogen-bond donors (Lipinski definition) is 1. The molecule has 5 nitrogen and oxygen atoms in total. The summed E-state index contributed by atoms with van der Waals surface area (Å²) in [5.41, 5.74) is 8.97. The number of nitrogens with zero attached hydrogens (tertiary/aromatic N) is 4. The lowest BCUT2D eigenvalue weighted by Crippen LogP contribution is -2.26. The Morgan fingerprint density at radius 3 is 2.14 bits per heavy atom. The maximum atomic E-state index is 10.0. The second-order valence-electron chi connectivity index (χ2n) is 6.30. The van der Waals surface area contributed by atoms with Crippen LogP contribution in [-0.2, 0) is 6.54 Å². The van der Waals surface area contributed by atoms with Gasteiger partial charge in [0.05, 0.1) is 6.54 Å². The molecule has 0 fully saturated rings. The molecule has 0 amide bonds. The van der Waals surface area contributed by atoms with Crippen LogP contribution in [0.5, 0.6) is 0 Å². The Morgan fingerprint density at radius 2 is 1.55 bits per heavy atom. The van der Waals surface area contributed by atoms with Crippen molar-refractivity contribution in [1.82, 2.24) is 4.98 Å². The van der Waals surface area contributed by atoms with Crippen molar-refractivity contribution in [2.24, 2.45) is 0 Å². The largest absolute Gasteiger partial charge is 0.383 e. The van der Waals surface area contributed by atoms with E-state index in [9.17, 15) is 10.5 Å². The summed E-state index contributed by atoms with van der Waals surface area (Å²) in [7, 11) is 0. The molecule has 29 heavy (non-hydrogen) atoms. The molecule has 2 N–H and O–H groups in total. The molecular formula is C24H19N5. The minimum absolute atomic E-state index is 0.0999. The van der Waals surface area contributed by atoms with Gasteiger partial charge >= 0.3 is 0 Å². The van der Waals surface area contributed by atoms with Crippen LogP contribution in [0.3, 0.4) is 0 Å². The molecule has 0 radical (unpaired) electrons. The van der Waals surface area contributed by atoms with E-state index in [-0.39, 0.29) is 11.4 Å². The fourth-order valence-corrected chi connectivity index (χ4v) is 3.12. The second-order valence-corrected chi connectivity index (χ2v) is 6.30. The number of aromatic nitrogens is 1. The number of anilines is 2. The van der Waals surface area contributed by atoms with Gasteiger partial charge in [-0.1, -0.05) is 66.6 Å². The van der Waals surface area contributed by atoms with Gasteiger partial charge < -0.3 is 10.6 Å². The zero-order valence-corrected chi connectivity index (χ0v) is 16.1. The first-order chi connectivity index (χ1) is 14.2. The lowest BCUT2D eigenvalue weighted by molar-refractivity contribution is 0.854. The Balaban J connectivity index is 2.23. The topological polar surface area (TPSA) is 89.7 Å². The van der Waals surface area contributed by atoms with Crippen molar-refractivity contribution in [2.45, 2.75) is 13.5 Å². The second kappa shape index (κ2) is 9.09. The van der Waals surface area contributed by atoms with Gasteiger partial charge in [-0.2, -0.15) is 10.5 Å². The first-order valence-corrected chi connectivity index (χ1v) is 9.07. The minimum Gasteiger partial charge on any atom is -0.383 e. The molecule has 0 unspecified atom stereocenters. The van der Waals surface area contributed by atoms with Gasteiger partial charge in [-0.25, -0.2) is 4.98 Å². The Kier molecular flexibility index (Phi) is 6.11. The standard InChI is InChI=1S/C24H19N5/c1-2-3-14-29(17-18-10-6-4-7-11-18)24-21(16-26)22(19-12-8-5-9-13-19)20(15-25)23(27)28-24/h4-13H,14,17H2,1H3,(H2,27,28). The van der Waals surface area contributed by atoms with Crippen LogP contribution in [0.4, 0.5) is 11.6 Å². The highest BCUT2D eigenvalue weighted by atomic mass is 15.2. The number of nitrogen functional groups attached to an aromatic ring is 1. The number of hydrogen-bond acceptors (Lipinski definition) is 5. The van der Waals surface area contributed by atoms with Crippen LogP contribution in [0.2, 0.25) is 0 Å². The maximum absolute atomic E-state index is 10.0. The summed E-state index contributed by atoms with van der Waals surface area (Å²) in [6.07, 6.45) is 0. The van der Waals surface area contributed by atoms with E-state index in [0.717, 1.165) is 11.1 Å². The predicted molar refractivity (Wildman–Crippen MR) is 114 cm³/mol. The predicted octanol–water partition coefficient (Wildman–Crippen LogP) is 4.10. The molecular weight excluding hydrogens is 358 g/mol. The van der Waals surface area contributed by atoms with Crippen LogP contribution in [-0.4, -0.2) is 11.5 Å². The average molecular weight is 377 g/mol. The minimum atomic E-state index is 0.0999. The summed E-state index contributed by atoms with van der Waals surface area (Å²) >= 11 is 0. The number of nitriles is 2. The number of benzene rings is 2. The van der Waals surface area contributed by atoms with Gasteiger partial charge in [0, 0.05) is 12.1 Å². The van der Waals surface area contributed by atoms with Crippen LogP contribution in [0.1, 0.15) is 23.6 Å².